The van der Waals surface area contributed by atoms with Crippen LogP contribution in [0.4, 0.5) is 14.5 Å². The van der Waals surface area contributed by atoms with E-state index in [1.807, 2.05) is 32.9 Å². The van der Waals surface area contributed by atoms with Gasteiger partial charge in [0.25, 0.3) is 0 Å². The highest BCUT2D eigenvalue weighted by molar-refractivity contribution is 5.78. The minimum atomic E-state index is -0.668. The molecule has 0 radical (unpaired) electrons. The molecule has 0 spiro atoms. The van der Waals surface area contributed by atoms with Crippen molar-refractivity contribution >= 4 is 12.0 Å². The number of hydrogen-bond acceptors (Lipinski definition) is 2. The number of anilines is 1. The Kier molecular flexibility index (Phi) is 5.90. The van der Waals surface area contributed by atoms with Crippen LogP contribution < -0.4 is 10.1 Å². The average Bonchev–Trinajstić information content (AvgIpc) is 2.50. The molecule has 128 valence electrons. The third-order valence-electron chi connectivity index (χ3n) is 3.73. The second-order valence-corrected chi connectivity index (χ2v) is 5.82. The van der Waals surface area contributed by atoms with E-state index in [0.717, 1.165) is 41.4 Å². The van der Waals surface area contributed by atoms with Crippen LogP contribution in [-0.2, 0) is 0 Å². The van der Waals surface area contributed by atoms with Gasteiger partial charge in [0, 0.05) is 29.9 Å². The van der Waals surface area contributed by atoms with Crippen molar-refractivity contribution in [3.8, 4) is 11.5 Å². The fourth-order valence-electron chi connectivity index (χ4n) is 2.11. The van der Waals surface area contributed by atoms with Crippen molar-refractivity contribution in [2.75, 3.05) is 5.32 Å². The lowest BCUT2D eigenvalue weighted by Crippen LogP contribution is -2.03. The molecule has 0 aliphatic heterocycles. The van der Waals surface area contributed by atoms with Gasteiger partial charge in [0.15, 0.2) is 0 Å². The molecule has 24 heavy (non-hydrogen) atoms. The van der Waals surface area contributed by atoms with Crippen LogP contribution in [0.15, 0.2) is 35.3 Å². The molecule has 3 nitrogen and oxygen atoms in total. The van der Waals surface area contributed by atoms with Gasteiger partial charge in [-0.05, 0) is 50.5 Å². The zero-order valence-corrected chi connectivity index (χ0v) is 14.4. The van der Waals surface area contributed by atoms with Crippen molar-refractivity contribution in [2.24, 2.45) is 4.99 Å². The number of aliphatic imine (C=N–C) groups is 1. The van der Waals surface area contributed by atoms with E-state index >= 15 is 0 Å². The third-order valence-corrected chi connectivity index (χ3v) is 3.73. The topological polar surface area (TPSA) is 33.6 Å². The standard InChI is InChI=1S/C19H22F2N2O/c1-5-14(4)22-11-23-18-6-13(3)19(7-12(18)2)24-17-9-15(20)8-16(21)10-17/h6-11,14H,5H2,1-4H3,(H,22,23). The number of nitrogens with one attached hydrogen (secondary N) is 1. The second-order valence-electron chi connectivity index (χ2n) is 5.82. The van der Waals surface area contributed by atoms with E-state index in [0.29, 0.717) is 5.75 Å². The maximum atomic E-state index is 13.3. The Labute approximate surface area is 141 Å². The Morgan fingerprint density at radius 1 is 1.08 bits per heavy atom. The summed E-state index contributed by atoms with van der Waals surface area (Å²) in [6.07, 6.45) is 2.67. The molecule has 1 N–H and O–H groups in total. The van der Waals surface area contributed by atoms with Crippen molar-refractivity contribution < 1.29 is 13.5 Å². The molecular weight excluding hydrogens is 310 g/mol. The third kappa shape index (κ3) is 4.78. The minimum Gasteiger partial charge on any atom is -0.457 e. The molecule has 0 fully saturated rings. The Morgan fingerprint density at radius 3 is 2.38 bits per heavy atom. The number of halogens is 2. The maximum absolute atomic E-state index is 13.3. The fourth-order valence-corrected chi connectivity index (χ4v) is 2.11. The summed E-state index contributed by atoms with van der Waals surface area (Å²) in [6.45, 7) is 7.93. The number of aryl methyl sites for hydroxylation is 2. The van der Waals surface area contributed by atoms with Gasteiger partial charge in [-0.2, -0.15) is 0 Å². The lowest BCUT2D eigenvalue weighted by molar-refractivity contribution is 0.465. The normalized spacial score (nSPS) is 12.4. The largest absolute Gasteiger partial charge is 0.457 e. The lowest BCUT2D eigenvalue weighted by atomic mass is 10.1. The fraction of sp³-hybridized carbons (Fsp3) is 0.316. The molecule has 5 heteroatoms. The first-order valence-corrected chi connectivity index (χ1v) is 7.92. The van der Waals surface area contributed by atoms with E-state index in [2.05, 4.69) is 17.2 Å². The molecule has 2 aromatic rings. The summed E-state index contributed by atoms with van der Waals surface area (Å²) in [5.74, 6) is -0.645. The summed E-state index contributed by atoms with van der Waals surface area (Å²) in [5, 5.41) is 3.16. The zero-order chi connectivity index (χ0) is 17.7. The molecule has 0 aromatic heterocycles. The highest BCUT2D eigenvalue weighted by Crippen LogP contribution is 2.30. The molecule has 0 saturated heterocycles. The van der Waals surface area contributed by atoms with E-state index in [-0.39, 0.29) is 11.8 Å². The molecule has 0 aliphatic rings. The molecular formula is C19H22F2N2O. The number of ether oxygens (including phenoxy) is 1. The molecule has 1 unspecified atom stereocenters. The Bertz CT molecular complexity index is 724. The van der Waals surface area contributed by atoms with E-state index in [1.54, 1.807) is 6.34 Å². The maximum Gasteiger partial charge on any atom is 0.133 e. The van der Waals surface area contributed by atoms with Crippen molar-refractivity contribution in [1.82, 2.24) is 0 Å². The Morgan fingerprint density at radius 2 is 1.75 bits per heavy atom. The number of rotatable bonds is 6. The van der Waals surface area contributed by atoms with Crippen LogP contribution >= 0.6 is 0 Å². The SMILES string of the molecule is CCC(C)N=CNc1cc(C)c(Oc2cc(F)cc(F)c2)cc1C. The van der Waals surface area contributed by atoms with E-state index in [1.165, 1.54) is 0 Å². The van der Waals surface area contributed by atoms with Crippen molar-refractivity contribution in [2.45, 2.75) is 40.2 Å². The van der Waals surface area contributed by atoms with Gasteiger partial charge in [-0.1, -0.05) is 6.92 Å². The Hall–Kier alpha value is -2.43. The van der Waals surface area contributed by atoms with Gasteiger partial charge >= 0.3 is 0 Å². The van der Waals surface area contributed by atoms with Gasteiger partial charge in [-0.3, -0.25) is 4.99 Å². The van der Waals surface area contributed by atoms with Gasteiger partial charge in [-0.25, -0.2) is 8.78 Å². The molecule has 0 amide bonds. The lowest BCUT2D eigenvalue weighted by Gasteiger charge is -2.13. The van der Waals surface area contributed by atoms with Crippen LogP contribution in [0.3, 0.4) is 0 Å². The van der Waals surface area contributed by atoms with E-state index in [9.17, 15) is 8.78 Å². The summed E-state index contributed by atoms with van der Waals surface area (Å²) < 4.78 is 32.2. The van der Waals surface area contributed by atoms with Gasteiger partial charge in [0.05, 0.1) is 6.34 Å². The summed E-state index contributed by atoms with van der Waals surface area (Å²) in [7, 11) is 0. The molecule has 0 bridgehead atoms. The molecule has 0 aliphatic carbocycles. The molecule has 0 heterocycles. The highest BCUT2D eigenvalue weighted by atomic mass is 19.1. The molecule has 0 saturated carbocycles. The summed E-state index contributed by atoms with van der Waals surface area (Å²) in [6, 6.07) is 7.14. The second kappa shape index (κ2) is 7.90. The quantitative estimate of drug-likeness (QED) is 0.551. The van der Waals surface area contributed by atoms with Crippen molar-refractivity contribution in [3.05, 3.63) is 53.1 Å². The zero-order valence-electron chi connectivity index (χ0n) is 14.4. The van der Waals surface area contributed by atoms with Crippen LogP contribution in [0.1, 0.15) is 31.4 Å². The highest BCUT2D eigenvalue weighted by Gasteiger charge is 2.08. The number of benzene rings is 2. The monoisotopic (exact) mass is 332 g/mol. The van der Waals surface area contributed by atoms with Crippen LogP contribution in [0, 0.1) is 25.5 Å². The van der Waals surface area contributed by atoms with Crippen LogP contribution in [0.5, 0.6) is 11.5 Å². The van der Waals surface area contributed by atoms with E-state index in [4.69, 9.17) is 4.74 Å². The number of hydrogen-bond donors (Lipinski definition) is 1. The molecule has 2 rings (SSSR count). The summed E-state index contributed by atoms with van der Waals surface area (Å²) in [4.78, 5) is 4.37. The predicted octanol–water partition coefficient (Wildman–Crippen LogP) is 5.61. The Balaban J connectivity index is 2.18. The smallest absolute Gasteiger partial charge is 0.133 e. The average molecular weight is 332 g/mol. The van der Waals surface area contributed by atoms with Gasteiger partial charge in [0.2, 0.25) is 0 Å². The first kappa shape index (κ1) is 17.9. The number of nitrogens with zero attached hydrogens (tertiary/aromatic N) is 1. The summed E-state index contributed by atoms with van der Waals surface area (Å²) in [5.41, 5.74) is 2.71. The first-order chi connectivity index (χ1) is 11.4. The van der Waals surface area contributed by atoms with Gasteiger partial charge in [-0.15, -0.1) is 0 Å². The van der Waals surface area contributed by atoms with Crippen molar-refractivity contribution in [3.63, 3.8) is 0 Å². The minimum absolute atomic E-state index is 0.133. The van der Waals surface area contributed by atoms with Crippen molar-refractivity contribution in [1.29, 1.82) is 0 Å². The van der Waals surface area contributed by atoms with Gasteiger partial charge in [0.1, 0.15) is 23.1 Å². The molecule has 2 aromatic carbocycles. The van der Waals surface area contributed by atoms with Crippen LogP contribution in [0.2, 0.25) is 0 Å². The predicted molar refractivity (Wildman–Crippen MR) is 94.2 cm³/mol. The van der Waals surface area contributed by atoms with Crippen LogP contribution in [-0.4, -0.2) is 12.4 Å². The summed E-state index contributed by atoms with van der Waals surface area (Å²) >= 11 is 0. The van der Waals surface area contributed by atoms with Crippen LogP contribution in [0.25, 0.3) is 0 Å². The van der Waals surface area contributed by atoms with Gasteiger partial charge < -0.3 is 10.1 Å². The molecule has 1 atom stereocenters. The first-order valence-electron chi connectivity index (χ1n) is 7.92. The van der Waals surface area contributed by atoms with E-state index < -0.39 is 11.6 Å².